The van der Waals surface area contributed by atoms with Crippen LogP contribution in [0.4, 0.5) is 0 Å². The van der Waals surface area contributed by atoms with Crippen LogP contribution in [0.2, 0.25) is 0 Å². The molecule has 4 nitrogen and oxygen atoms in total. The number of benzene rings is 3. The van der Waals surface area contributed by atoms with E-state index in [1.165, 1.54) is 0 Å². The van der Waals surface area contributed by atoms with E-state index in [9.17, 15) is 4.57 Å². The van der Waals surface area contributed by atoms with Crippen LogP contribution in [0.3, 0.4) is 0 Å². The topological polar surface area (TPSA) is 68.0 Å². The number of nitrogens with zero attached hydrogens (tertiary/aromatic N) is 1. The minimum Gasteiger partial charge on any atom is -0.321 e. The van der Waals surface area contributed by atoms with Crippen molar-refractivity contribution in [2.75, 3.05) is 0 Å². The molecule has 3 aromatic carbocycles. The van der Waals surface area contributed by atoms with Crippen molar-refractivity contribution in [1.29, 1.82) is 0 Å². The molecule has 0 saturated heterocycles. The van der Waals surface area contributed by atoms with Crippen LogP contribution >= 0.6 is 7.29 Å². The van der Waals surface area contributed by atoms with Crippen molar-refractivity contribution in [2.24, 2.45) is 5.73 Å². The quantitative estimate of drug-likeness (QED) is 0.421. The molecular formula is C26H26N3OP. The third-order valence-corrected chi connectivity index (χ3v) is 8.08. The van der Waals surface area contributed by atoms with E-state index >= 15 is 0 Å². The SMILES string of the molecule is Cc1ccc(C(NP(=O)(c2ccccc2)c2ccccc2)C(N)c2ccccn2)cc1. The Labute approximate surface area is 183 Å². The van der Waals surface area contributed by atoms with E-state index in [4.69, 9.17) is 5.73 Å². The van der Waals surface area contributed by atoms with E-state index in [1.807, 2.05) is 110 Å². The van der Waals surface area contributed by atoms with Crippen molar-refractivity contribution in [3.63, 3.8) is 0 Å². The van der Waals surface area contributed by atoms with Crippen molar-refractivity contribution in [2.45, 2.75) is 19.0 Å². The van der Waals surface area contributed by atoms with Crippen molar-refractivity contribution in [3.8, 4) is 0 Å². The zero-order chi connectivity index (χ0) is 21.7. The molecule has 0 aliphatic rings. The molecule has 1 aromatic heterocycles. The van der Waals surface area contributed by atoms with Gasteiger partial charge in [-0.1, -0.05) is 72.3 Å². The van der Waals surface area contributed by atoms with Crippen molar-refractivity contribution in [1.82, 2.24) is 10.1 Å². The predicted molar refractivity (Wildman–Crippen MR) is 128 cm³/mol. The fourth-order valence-electron chi connectivity index (χ4n) is 3.65. The van der Waals surface area contributed by atoms with Gasteiger partial charge in [0.05, 0.1) is 17.8 Å². The number of hydrogen-bond acceptors (Lipinski definition) is 3. The molecule has 2 atom stereocenters. The fourth-order valence-corrected chi connectivity index (χ4v) is 6.13. The van der Waals surface area contributed by atoms with Crippen LogP contribution in [-0.2, 0) is 4.57 Å². The Morgan fingerprint density at radius 3 is 1.84 bits per heavy atom. The van der Waals surface area contributed by atoms with E-state index in [2.05, 4.69) is 10.1 Å². The second kappa shape index (κ2) is 9.40. The van der Waals surface area contributed by atoms with Crippen LogP contribution in [0.15, 0.2) is 109 Å². The minimum atomic E-state index is -3.19. The smallest absolute Gasteiger partial charge is 0.205 e. The maximum absolute atomic E-state index is 14.6. The molecule has 0 saturated carbocycles. The lowest BCUT2D eigenvalue weighted by molar-refractivity contribution is 0.503. The molecule has 0 bridgehead atoms. The largest absolute Gasteiger partial charge is 0.321 e. The maximum Gasteiger partial charge on any atom is 0.205 e. The van der Waals surface area contributed by atoms with E-state index in [0.717, 1.165) is 27.4 Å². The summed E-state index contributed by atoms with van der Waals surface area (Å²) in [6.07, 6.45) is 1.73. The predicted octanol–water partition coefficient (Wildman–Crippen LogP) is 4.65. The molecule has 1 heterocycles. The number of nitrogens with one attached hydrogen (secondary N) is 1. The summed E-state index contributed by atoms with van der Waals surface area (Å²) < 4.78 is 14.6. The fraction of sp³-hybridized carbons (Fsp3) is 0.115. The molecule has 0 aliphatic carbocycles. The van der Waals surface area contributed by atoms with Gasteiger partial charge in [-0.05, 0) is 48.9 Å². The molecule has 2 unspecified atom stereocenters. The van der Waals surface area contributed by atoms with Crippen molar-refractivity contribution in [3.05, 3.63) is 126 Å². The van der Waals surface area contributed by atoms with Gasteiger partial charge in [0.1, 0.15) is 0 Å². The highest BCUT2D eigenvalue weighted by Gasteiger charge is 2.34. The number of pyridine rings is 1. The van der Waals surface area contributed by atoms with Gasteiger partial charge >= 0.3 is 0 Å². The van der Waals surface area contributed by atoms with Gasteiger partial charge in [0.15, 0.2) is 0 Å². The number of aryl methyl sites for hydroxylation is 1. The molecule has 5 heteroatoms. The molecular weight excluding hydrogens is 401 g/mol. The Morgan fingerprint density at radius 1 is 0.774 bits per heavy atom. The zero-order valence-corrected chi connectivity index (χ0v) is 18.3. The Morgan fingerprint density at radius 2 is 1.32 bits per heavy atom. The van der Waals surface area contributed by atoms with E-state index in [-0.39, 0.29) is 0 Å². The van der Waals surface area contributed by atoms with Gasteiger partial charge in [-0.2, -0.15) is 0 Å². The Hall–Kier alpha value is -3.04. The monoisotopic (exact) mass is 427 g/mol. The van der Waals surface area contributed by atoms with E-state index in [1.54, 1.807) is 6.20 Å². The zero-order valence-electron chi connectivity index (χ0n) is 17.4. The first-order chi connectivity index (χ1) is 15.1. The first-order valence-corrected chi connectivity index (χ1v) is 12.0. The normalized spacial score (nSPS) is 13.5. The molecule has 4 rings (SSSR count). The van der Waals surface area contributed by atoms with Crippen LogP contribution in [0.1, 0.15) is 28.9 Å². The Kier molecular flexibility index (Phi) is 6.43. The molecule has 31 heavy (non-hydrogen) atoms. The van der Waals surface area contributed by atoms with Gasteiger partial charge in [-0.15, -0.1) is 0 Å². The third kappa shape index (κ3) is 4.67. The lowest BCUT2D eigenvalue weighted by Gasteiger charge is -2.31. The van der Waals surface area contributed by atoms with E-state index < -0.39 is 19.4 Å². The average Bonchev–Trinajstić information content (AvgIpc) is 2.84. The highest BCUT2D eigenvalue weighted by Crippen LogP contribution is 2.44. The van der Waals surface area contributed by atoms with Crippen LogP contribution < -0.4 is 21.4 Å². The molecule has 0 radical (unpaired) electrons. The van der Waals surface area contributed by atoms with E-state index in [0.29, 0.717) is 0 Å². The first kappa shape index (κ1) is 21.2. The van der Waals surface area contributed by atoms with Crippen LogP contribution in [0, 0.1) is 6.92 Å². The number of hydrogen-bond donors (Lipinski definition) is 2. The van der Waals surface area contributed by atoms with Gasteiger partial charge in [-0.3, -0.25) is 14.6 Å². The lowest BCUT2D eigenvalue weighted by Crippen LogP contribution is -2.36. The molecule has 3 N–H and O–H groups in total. The van der Waals surface area contributed by atoms with Crippen molar-refractivity contribution < 1.29 is 4.57 Å². The van der Waals surface area contributed by atoms with Gasteiger partial charge in [0.2, 0.25) is 7.29 Å². The molecule has 156 valence electrons. The average molecular weight is 427 g/mol. The van der Waals surface area contributed by atoms with Crippen LogP contribution in [0.25, 0.3) is 0 Å². The number of rotatable bonds is 7. The number of aromatic nitrogens is 1. The Bertz CT molecular complexity index is 1110. The highest BCUT2D eigenvalue weighted by atomic mass is 31.2. The first-order valence-electron chi connectivity index (χ1n) is 10.3. The van der Waals surface area contributed by atoms with Gasteiger partial charge in [-0.25, -0.2) is 0 Å². The second-order valence-electron chi connectivity index (χ2n) is 7.58. The van der Waals surface area contributed by atoms with Crippen molar-refractivity contribution >= 4 is 17.9 Å². The minimum absolute atomic E-state index is 0.401. The summed E-state index contributed by atoms with van der Waals surface area (Å²) in [7, 11) is -3.19. The third-order valence-electron chi connectivity index (χ3n) is 5.39. The summed E-state index contributed by atoms with van der Waals surface area (Å²) in [5.74, 6) is 0. The van der Waals surface area contributed by atoms with Gasteiger partial charge in [0.25, 0.3) is 0 Å². The van der Waals surface area contributed by atoms with Crippen LogP contribution in [0.5, 0.6) is 0 Å². The second-order valence-corrected chi connectivity index (χ2v) is 10.1. The Balaban J connectivity index is 1.83. The maximum atomic E-state index is 14.6. The standard InChI is InChI=1S/C26H26N3OP/c1-20-15-17-21(18-16-20)26(25(27)24-14-8-9-19-28-24)29-31(30,22-10-4-2-5-11-22)23-12-6-3-7-13-23/h2-19,25-26H,27H2,1H3,(H,29,30). The number of nitrogens with two attached hydrogens (primary N) is 1. The highest BCUT2D eigenvalue weighted by molar-refractivity contribution is 7.76. The molecule has 0 aliphatic heterocycles. The summed E-state index contributed by atoms with van der Waals surface area (Å²) in [6, 6.07) is 32.1. The van der Waals surface area contributed by atoms with Gasteiger partial charge < -0.3 is 5.73 Å². The molecule has 0 fully saturated rings. The molecule has 0 amide bonds. The lowest BCUT2D eigenvalue weighted by atomic mass is 9.97. The summed E-state index contributed by atoms with van der Waals surface area (Å²) in [4.78, 5) is 4.46. The summed E-state index contributed by atoms with van der Waals surface area (Å²) in [6.45, 7) is 2.05. The van der Waals surface area contributed by atoms with Crippen LogP contribution in [-0.4, -0.2) is 4.98 Å². The molecule has 4 aromatic rings. The summed E-state index contributed by atoms with van der Waals surface area (Å²) in [5.41, 5.74) is 9.59. The summed E-state index contributed by atoms with van der Waals surface area (Å²) in [5, 5.41) is 4.97. The summed E-state index contributed by atoms with van der Waals surface area (Å²) >= 11 is 0. The van der Waals surface area contributed by atoms with Gasteiger partial charge in [0, 0.05) is 16.8 Å². The molecule has 0 spiro atoms.